The number of ether oxygens (including phenoxy) is 1. The molecule has 2 aromatic carbocycles. The highest BCUT2D eigenvalue weighted by Crippen LogP contribution is 2.79. The van der Waals surface area contributed by atoms with E-state index >= 15 is 0 Å². The van der Waals surface area contributed by atoms with E-state index in [2.05, 4.69) is 126 Å². The Morgan fingerprint density at radius 1 is 0.587 bits per heavy atom. The van der Waals surface area contributed by atoms with Crippen LogP contribution in [0.3, 0.4) is 0 Å². The third kappa shape index (κ3) is 11.7. The van der Waals surface area contributed by atoms with Crippen LogP contribution in [0.15, 0.2) is 85.0 Å². The summed E-state index contributed by atoms with van der Waals surface area (Å²) in [5.74, 6) is 1.95. The Balaban J connectivity index is 0.000000184. The summed E-state index contributed by atoms with van der Waals surface area (Å²) in [5.41, 5.74) is 17.2. The largest absolute Gasteiger partial charge is 0.478 e. The number of fused-ring (bicyclic) bond motifs is 14. The van der Waals surface area contributed by atoms with E-state index in [0.29, 0.717) is 85.1 Å². The Labute approximate surface area is 564 Å². The smallest absolute Gasteiger partial charge is 0.390 e. The van der Waals surface area contributed by atoms with Crippen molar-refractivity contribution in [1.82, 2.24) is 5.32 Å². The van der Waals surface area contributed by atoms with Crippen LogP contribution in [0.5, 0.6) is 0 Å². The van der Waals surface area contributed by atoms with Gasteiger partial charge in [-0.15, -0.1) is 0 Å². The maximum atomic E-state index is 13.2. The molecule has 10 aliphatic rings. The van der Waals surface area contributed by atoms with Crippen molar-refractivity contribution in [2.75, 3.05) is 18.1 Å². The molecule has 8 fully saturated rings. The van der Waals surface area contributed by atoms with Gasteiger partial charge < -0.3 is 20.9 Å². The van der Waals surface area contributed by atoms with Crippen molar-refractivity contribution in [2.24, 2.45) is 108 Å². The van der Waals surface area contributed by atoms with Crippen molar-refractivity contribution < 1.29 is 41.4 Å². The average Bonchev–Trinajstić information content (AvgIpc) is 0.918. The molecular weight excluding hydrogens is 1270 g/mol. The fraction of sp³-hybridized carbons (Fsp3) is 0.725. The molecule has 18 atom stereocenters. The van der Waals surface area contributed by atoms with Gasteiger partial charge in [-0.1, -0.05) is 153 Å². The molecule has 0 aromatic heterocycles. The van der Waals surface area contributed by atoms with E-state index in [1.165, 1.54) is 99.2 Å². The standard InChI is InChI=1S/C39H54F3NO2.C37H53NO2.C4H7F2I/c1-24(2)27-14-19-38(43-23-22-39(40,41)42)21-20-36(6)29(32(27)38)12-13-31-35(5)17-15-28(25-8-10-26(11-9-25)33(44)45)34(3,4)30(35)16-18-37(31,36)7;1-23(2)26-15-20-37(38)22-21-35(6)28(31(26)37)13-14-30-34(5)18-16-27(24-9-11-25(12-10-24)32(39)40-8)33(3,4)29(34)17-19-36(30,35)7;1-4(5,6)2-3-7/h8-11,15,27,29-32,43H,1,12-14,16-23H2,2-7H3,(H,44,45);9-12,16,26,28-31H,1,13-15,17-22,38H2,2-8H3;2-3H2,1H3/t27-,29+,30-,31+,32+,35-,36+,37+,38-;26-,28+,29-,30+,31+,34-,35+,36+,37-;/m00./s1. The molecule has 510 valence electrons. The van der Waals surface area contributed by atoms with Crippen LogP contribution in [0.4, 0.5) is 22.0 Å². The van der Waals surface area contributed by atoms with Crippen LogP contribution in [-0.4, -0.2) is 58.3 Å². The first kappa shape index (κ1) is 71.4. The van der Waals surface area contributed by atoms with Crippen LogP contribution in [0, 0.1) is 102 Å². The Morgan fingerprint density at radius 2 is 1.03 bits per heavy atom. The first-order valence-corrected chi connectivity index (χ1v) is 37.0. The van der Waals surface area contributed by atoms with Crippen molar-refractivity contribution in [2.45, 2.75) is 242 Å². The number of aromatic carboxylic acids is 1. The fourth-order valence-corrected chi connectivity index (χ4v) is 26.1. The third-order valence-electron chi connectivity index (χ3n) is 29.8. The van der Waals surface area contributed by atoms with Gasteiger partial charge in [0.05, 0.1) is 24.7 Å². The monoisotopic (exact) mass is 1390 g/mol. The lowest BCUT2D eigenvalue weighted by atomic mass is 9.33. The predicted molar refractivity (Wildman–Crippen MR) is 373 cm³/mol. The molecule has 12 heteroatoms. The second kappa shape index (κ2) is 24.9. The number of esters is 1. The Morgan fingerprint density at radius 3 is 1.46 bits per heavy atom. The lowest BCUT2D eigenvalue weighted by molar-refractivity contribution is -0.219. The Bertz CT molecular complexity index is 3180. The zero-order chi connectivity index (χ0) is 67.6. The number of benzene rings is 2. The Hall–Kier alpha value is -3.36. The minimum absolute atomic E-state index is 0.00639. The number of rotatable bonds is 11. The highest BCUT2D eigenvalue weighted by molar-refractivity contribution is 14.1. The molecule has 8 saturated carbocycles. The van der Waals surface area contributed by atoms with Gasteiger partial charge in [-0.3, -0.25) is 0 Å². The quantitative estimate of drug-likeness (QED) is 0.0681. The molecule has 0 aliphatic heterocycles. The highest BCUT2D eigenvalue weighted by Gasteiger charge is 2.72. The molecule has 92 heavy (non-hydrogen) atoms. The number of nitrogens with one attached hydrogen (secondary N) is 1. The summed E-state index contributed by atoms with van der Waals surface area (Å²) in [6, 6.07) is 15.5. The van der Waals surface area contributed by atoms with Crippen LogP contribution < -0.4 is 11.1 Å². The van der Waals surface area contributed by atoms with E-state index in [0.717, 1.165) is 69.8 Å². The van der Waals surface area contributed by atoms with Gasteiger partial charge in [0.1, 0.15) is 0 Å². The number of carboxylic acids is 1. The predicted octanol–water partition coefficient (Wildman–Crippen LogP) is 21.6. The zero-order valence-electron chi connectivity index (χ0n) is 58.5. The minimum atomic E-state index is -4.14. The van der Waals surface area contributed by atoms with Gasteiger partial charge in [-0.2, -0.15) is 13.2 Å². The number of hydrogen-bond donors (Lipinski definition) is 3. The average molecular weight is 1390 g/mol. The van der Waals surface area contributed by atoms with Gasteiger partial charge in [0.2, 0.25) is 5.92 Å². The molecule has 4 N–H and O–H groups in total. The fourth-order valence-electron chi connectivity index (χ4n) is 25.2. The van der Waals surface area contributed by atoms with Crippen molar-refractivity contribution in [1.29, 1.82) is 0 Å². The number of allylic oxidation sites excluding steroid dienone is 6. The van der Waals surface area contributed by atoms with Gasteiger partial charge in [-0.25, -0.2) is 18.4 Å². The summed E-state index contributed by atoms with van der Waals surface area (Å²) < 4.78 is 68.6. The lowest BCUT2D eigenvalue weighted by Crippen LogP contribution is -2.68. The number of methoxy groups -OCH3 is 1. The SMILES string of the molecule is C=C(C)[C@@H]1CC[C@]2(N)CC[C@]3(C)[C@H](CC[C@@H]4[C@@]5(C)CC=C(c6ccc(C(=O)OC)cc6)C(C)(C)[C@@H]5CC[C@]43C)[C@@H]12.C=C(C)[C@@H]1CC[C@]2(NCCC(F)(F)F)CC[C@]3(C)[C@H](CC[C@@H]4[C@@]5(C)CC=C(c6ccc(C(=O)O)cc6)C(C)(C)[C@@H]5CC[C@]43C)[C@@H]12.CC(F)(F)CCI. The van der Waals surface area contributed by atoms with Gasteiger partial charge >= 0.3 is 18.1 Å². The van der Waals surface area contributed by atoms with E-state index < -0.39 is 24.5 Å². The van der Waals surface area contributed by atoms with Crippen molar-refractivity contribution >= 4 is 45.7 Å². The first-order chi connectivity index (χ1) is 42.7. The van der Waals surface area contributed by atoms with Gasteiger partial charge in [0.15, 0.2) is 0 Å². The summed E-state index contributed by atoms with van der Waals surface area (Å²) in [6.07, 6.45) is 21.2. The number of alkyl halides is 6. The number of carbonyl (C=O) groups is 2. The van der Waals surface area contributed by atoms with Gasteiger partial charge in [0.25, 0.3) is 0 Å². The van der Waals surface area contributed by atoms with Gasteiger partial charge in [0, 0.05) is 28.5 Å². The topological polar surface area (TPSA) is 102 Å². The maximum Gasteiger partial charge on any atom is 0.390 e. The van der Waals surface area contributed by atoms with Crippen LogP contribution in [0.1, 0.15) is 250 Å². The number of nitrogens with two attached hydrogens (primary N) is 1. The summed E-state index contributed by atoms with van der Waals surface area (Å²) in [7, 11) is 1.45. The van der Waals surface area contributed by atoms with E-state index in [1.54, 1.807) is 12.1 Å². The van der Waals surface area contributed by atoms with Gasteiger partial charge in [-0.05, 0) is 285 Å². The van der Waals surface area contributed by atoms with E-state index in [9.17, 15) is 36.6 Å². The van der Waals surface area contributed by atoms with Crippen LogP contribution in [0.25, 0.3) is 11.1 Å². The summed E-state index contributed by atoms with van der Waals surface area (Å²) in [4.78, 5) is 23.5. The van der Waals surface area contributed by atoms with E-state index in [-0.39, 0.29) is 57.1 Å². The molecule has 0 saturated heterocycles. The second-order valence-electron chi connectivity index (χ2n) is 34.6. The minimum Gasteiger partial charge on any atom is -0.478 e. The number of hydrogen-bond acceptors (Lipinski definition) is 5. The van der Waals surface area contributed by atoms with Crippen molar-refractivity contribution in [3.05, 3.63) is 107 Å². The molecule has 10 aliphatic carbocycles. The van der Waals surface area contributed by atoms with Crippen LogP contribution >= 0.6 is 22.6 Å². The normalized spacial score (nSPS) is 41.2. The molecule has 0 spiro atoms. The summed E-state index contributed by atoms with van der Waals surface area (Å²) in [5, 5.41) is 13.0. The summed E-state index contributed by atoms with van der Waals surface area (Å²) >= 11 is 1.93. The molecule has 0 radical (unpaired) electrons. The summed E-state index contributed by atoms with van der Waals surface area (Å²) in [6.45, 7) is 39.8. The molecule has 0 bridgehead atoms. The van der Waals surface area contributed by atoms with Crippen LogP contribution in [-0.2, 0) is 4.74 Å². The van der Waals surface area contributed by atoms with Crippen LogP contribution in [0.2, 0.25) is 0 Å². The molecular formula is C80H114F5IN2O4. The first-order valence-electron chi connectivity index (χ1n) is 35.5. The molecule has 0 unspecified atom stereocenters. The molecule has 2 aromatic rings. The van der Waals surface area contributed by atoms with E-state index in [1.807, 2.05) is 46.9 Å². The van der Waals surface area contributed by atoms with Crippen molar-refractivity contribution in [3.8, 4) is 0 Å². The van der Waals surface area contributed by atoms with Crippen molar-refractivity contribution in [3.63, 3.8) is 0 Å². The number of carboxylic acid groups (broad SMARTS) is 1. The number of halogens is 6. The molecule has 0 heterocycles. The lowest BCUT2D eigenvalue weighted by Gasteiger charge is -2.72. The molecule has 12 rings (SSSR count). The number of carbonyl (C=O) groups excluding carboxylic acids is 1. The maximum absolute atomic E-state index is 13.2. The third-order valence-corrected chi connectivity index (χ3v) is 30.4. The zero-order valence-corrected chi connectivity index (χ0v) is 60.7. The van der Waals surface area contributed by atoms with E-state index in [4.69, 9.17) is 10.5 Å². The molecule has 6 nitrogen and oxygen atoms in total. The highest BCUT2D eigenvalue weighted by atomic mass is 127. The Kier molecular flexibility index (Phi) is 19.3. The second-order valence-corrected chi connectivity index (χ2v) is 35.7. The molecule has 0 amide bonds.